The van der Waals surface area contributed by atoms with E-state index in [1.54, 1.807) is 27.7 Å². The summed E-state index contributed by atoms with van der Waals surface area (Å²) in [6.07, 6.45) is 0. The largest absolute Gasteiger partial charge is 0.325 e. The van der Waals surface area contributed by atoms with Crippen LogP contribution >= 0.6 is 31.9 Å². The molecule has 5 nitrogen and oxygen atoms in total. The van der Waals surface area contributed by atoms with E-state index in [0.29, 0.717) is 11.4 Å². The maximum absolute atomic E-state index is 12.2. The number of carbonyl (C=O) groups excluding carboxylic acids is 2. The van der Waals surface area contributed by atoms with Crippen molar-refractivity contribution in [2.45, 2.75) is 36.3 Å². The molecule has 0 saturated heterocycles. The number of rotatable bonds is 4. The number of halogens is 2. The molecule has 2 aromatic carbocycles. The zero-order valence-electron chi connectivity index (χ0n) is 16.1. The Morgan fingerprint density at radius 2 is 1.14 bits per heavy atom. The van der Waals surface area contributed by atoms with Crippen molar-refractivity contribution < 1.29 is 9.59 Å². The van der Waals surface area contributed by atoms with E-state index >= 15 is 0 Å². The summed E-state index contributed by atoms with van der Waals surface area (Å²) in [5, 5.41) is 7.72. The molecule has 2 N–H and O–H groups in total. The second-order valence-corrected chi connectivity index (χ2v) is 11.6. The van der Waals surface area contributed by atoms with Crippen molar-refractivity contribution >= 4 is 76.9 Å². The number of anilines is 2. The van der Waals surface area contributed by atoms with Gasteiger partial charge < -0.3 is 10.6 Å². The molecule has 0 aliphatic carbocycles. The van der Waals surface area contributed by atoms with Crippen molar-refractivity contribution in [3.8, 4) is 0 Å². The minimum Gasteiger partial charge on any atom is -0.325 e. The first kappa shape index (κ1) is 20.7. The summed E-state index contributed by atoms with van der Waals surface area (Å²) in [5.74, 6) is -0.259. The summed E-state index contributed by atoms with van der Waals surface area (Å²) in [7, 11) is 0. The number of fused-ring (bicyclic) bond motifs is 2. The van der Waals surface area contributed by atoms with Crippen LogP contribution in [0.5, 0.6) is 0 Å². The molecule has 0 aliphatic heterocycles. The van der Waals surface area contributed by atoms with Crippen molar-refractivity contribution in [2.24, 2.45) is 0 Å². The lowest BCUT2D eigenvalue weighted by Crippen LogP contribution is -2.30. The van der Waals surface area contributed by atoms with Gasteiger partial charge in [-0.15, -0.1) is 0 Å². The van der Waals surface area contributed by atoms with Gasteiger partial charge in [-0.25, -0.2) is 4.98 Å². The van der Waals surface area contributed by atoms with Gasteiger partial charge in [0.05, 0.1) is 19.7 Å². The zero-order chi connectivity index (χ0) is 20.7. The van der Waals surface area contributed by atoms with Gasteiger partial charge in [-0.2, -0.15) is 0 Å². The van der Waals surface area contributed by atoms with E-state index in [4.69, 9.17) is 4.98 Å². The number of amides is 2. The van der Waals surface area contributed by atoms with Crippen molar-refractivity contribution in [2.75, 3.05) is 10.6 Å². The van der Waals surface area contributed by atoms with E-state index in [2.05, 4.69) is 42.5 Å². The van der Waals surface area contributed by atoms with Crippen LogP contribution in [0, 0.1) is 0 Å². The van der Waals surface area contributed by atoms with Gasteiger partial charge in [0, 0.05) is 22.1 Å². The number of hydrogen-bond acceptors (Lipinski definition) is 3. The average Bonchev–Trinajstić information content (AvgIpc) is 2.58. The molecule has 0 radical (unpaired) electrons. The molecule has 0 fully saturated rings. The van der Waals surface area contributed by atoms with Gasteiger partial charge in [0.1, 0.15) is 0 Å². The van der Waals surface area contributed by atoms with Gasteiger partial charge in [0.15, 0.2) is 0 Å². The second-order valence-electron chi connectivity index (χ2n) is 7.66. The van der Waals surface area contributed by atoms with Crippen molar-refractivity contribution in [1.29, 1.82) is 0 Å². The van der Waals surface area contributed by atoms with Gasteiger partial charge in [0.2, 0.25) is 11.8 Å². The lowest BCUT2D eigenvalue weighted by atomic mass is 10.1. The van der Waals surface area contributed by atoms with Crippen molar-refractivity contribution in [1.82, 2.24) is 4.98 Å². The van der Waals surface area contributed by atoms with Crippen LogP contribution in [-0.2, 0) is 9.59 Å². The van der Waals surface area contributed by atoms with Crippen LogP contribution in [-0.4, -0.2) is 25.4 Å². The van der Waals surface area contributed by atoms with Crippen LogP contribution in [0.3, 0.4) is 0 Å². The highest BCUT2D eigenvalue weighted by Gasteiger charge is 2.24. The topological polar surface area (TPSA) is 71.1 Å². The molecule has 1 heterocycles. The first-order chi connectivity index (χ1) is 12.9. The fourth-order valence-corrected chi connectivity index (χ4v) is 2.74. The highest BCUT2D eigenvalue weighted by molar-refractivity contribution is 9.10. The highest BCUT2D eigenvalue weighted by Crippen LogP contribution is 2.27. The van der Waals surface area contributed by atoms with Gasteiger partial charge in [0.25, 0.3) is 0 Å². The Morgan fingerprint density at radius 3 is 1.50 bits per heavy atom. The standard InChI is InChI=1S/C21H21Br2N3O2/c1-20(2,22)18(27)24-14-7-5-12-9-13-6-8-15(25-19(28)21(3,4)23)11-17(13)26-16(12)10-14/h5-11H,1-4H3,(H,24,27)(H,25,28). The molecule has 7 heteroatoms. The number of benzene rings is 2. The maximum Gasteiger partial charge on any atom is 0.240 e. The van der Waals surface area contributed by atoms with Crippen LogP contribution < -0.4 is 10.6 Å². The summed E-state index contributed by atoms with van der Waals surface area (Å²) in [6.45, 7) is 7.16. The van der Waals surface area contributed by atoms with Crippen LogP contribution in [0.25, 0.3) is 21.8 Å². The minimum absolute atomic E-state index is 0.130. The summed E-state index contributed by atoms with van der Waals surface area (Å²) in [6, 6.07) is 13.3. The van der Waals surface area contributed by atoms with Crippen LogP contribution in [0.1, 0.15) is 27.7 Å². The van der Waals surface area contributed by atoms with Gasteiger partial charge >= 0.3 is 0 Å². The summed E-state index contributed by atoms with van der Waals surface area (Å²) in [5.41, 5.74) is 2.90. The maximum atomic E-state index is 12.2. The third-order valence-corrected chi connectivity index (χ3v) is 4.93. The SMILES string of the molecule is CC(C)(Br)C(=O)Nc1ccc2cc3ccc(NC(=O)C(C)(C)Br)cc3nc2c1. The summed E-state index contributed by atoms with van der Waals surface area (Å²) in [4.78, 5) is 29.1. The normalized spacial score (nSPS) is 12.2. The molecule has 2 amide bonds. The number of alkyl halides is 2. The molecule has 146 valence electrons. The molecule has 0 unspecified atom stereocenters. The summed E-state index contributed by atoms with van der Waals surface area (Å²) < 4.78 is -1.32. The Hall–Kier alpha value is -1.99. The molecule has 0 saturated carbocycles. The number of hydrogen-bond donors (Lipinski definition) is 2. The molecule has 1 aromatic heterocycles. The highest BCUT2D eigenvalue weighted by atomic mass is 79.9. The van der Waals surface area contributed by atoms with Crippen molar-refractivity contribution in [3.63, 3.8) is 0 Å². The first-order valence-electron chi connectivity index (χ1n) is 8.79. The van der Waals surface area contributed by atoms with E-state index in [1.807, 2.05) is 42.5 Å². The predicted octanol–water partition coefficient (Wildman–Crippen LogP) is 5.61. The molecule has 0 atom stereocenters. The van der Waals surface area contributed by atoms with Gasteiger partial charge in [-0.05, 0) is 58.0 Å². The van der Waals surface area contributed by atoms with Crippen LogP contribution in [0.2, 0.25) is 0 Å². The molecular weight excluding hydrogens is 486 g/mol. The Morgan fingerprint density at radius 1 is 0.750 bits per heavy atom. The van der Waals surface area contributed by atoms with Gasteiger partial charge in [-0.1, -0.05) is 44.0 Å². The fraction of sp³-hybridized carbons (Fsp3) is 0.286. The Labute approximate surface area is 180 Å². The lowest BCUT2D eigenvalue weighted by Gasteiger charge is -2.16. The monoisotopic (exact) mass is 505 g/mol. The Kier molecular flexibility index (Phi) is 5.51. The fourth-order valence-electron chi connectivity index (χ4n) is 2.54. The molecule has 3 aromatic rings. The minimum atomic E-state index is -0.658. The lowest BCUT2D eigenvalue weighted by molar-refractivity contribution is -0.118. The number of nitrogens with zero attached hydrogens (tertiary/aromatic N) is 1. The molecule has 0 spiro atoms. The molecule has 0 aliphatic rings. The smallest absolute Gasteiger partial charge is 0.240 e. The van der Waals surface area contributed by atoms with E-state index in [1.165, 1.54) is 0 Å². The van der Waals surface area contributed by atoms with E-state index < -0.39 is 8.65 Å². The Bertz CT molecular complexity index is 1000. The van der Waals surface area contributed by atoms with Gasteiger partial charge in [-0.3, -0.25) is 9.59 Å². The summed E-state index contributed by atoms with van der Waals surface area (Å²) >= 11 is 6.72. The number of carbonyl (C=O) groups is 2. The molecular formula is C21H21Br2N3O2. The Balaban J connectivity index is 1.96. The third-order valence-electron chi connectivity index (χ3n) is 4.21. The molecule has 28 heavy (non-hydrogen) atoms. The van der Waals surface area contributed by atoms with Crippen LogP contribution in [0.15, 0.2) is 42.5 Å². The van der Waals surface area contributed by atoms with E-state index in [0.717, 1.165) is 21.8 Å². The molecule has 0 bridgehead atoms. The molecule has 3 rings (SSSR count). The average molecular weight is 507 g/mol. The van der Waals surface area contributed by atoms with E-state index in [-0.39, 0.29) is 11.8 Å². The number of nitrogens with one attached hydrogen (secondary N) is 2. The van der Waals surface area contributed by atoms with Crippen LogP contribution in [0.4, 0.5) is 11.4 Å². The number of aromatic nitrogens is 1. The van der Waals surface area contributed by atoms with Crippen molar-refractivity contribution in [3.05, 3.63) is 42.5 Å². The third kappa shape index (κ3) is 4.70. The first-order valence-corrected chi connectivity index (χ1v) is 10.4. The quantitative estimate of drug-likeness (QED) is 0.356. The number of pyridine rings is 1. The second kappa shape index (κ2) is 7.44. The zero-order valence-corrected chi connectivity index (χ0v) is 19.2. The van der Waals surface area contributed by atoms with E-state index in [9.17, 15) is 9.59 Å². The predicted molar refractivity (Wildman–Crippen MR) is 123 cm³/mol.